The molecule has 0 radical (unpaired) electrons. The molecule has 0 aromatic carbocycles. The zero-order chi connectivity index (χ0) is 27.1. The summed E-state index contributed by atoms with van der Waals surface area (Å²) in [5, 5.41) is 15.9. The van der Waals surface area contributed by atoms with E-state index < -0.39 is 29.2 Å². The Bertz CT molecular complexity index is 1220. The maximum Gasteiger partial charge on any atom is 0.352 e. The van der Waals surface area contributed by atoms with E-state index in [0.717, 1.165) is 42.2 Å². The smallest absolute Gasteiger partial charge is 0.352 e. The molecule has 4 fully saturated rings. The van der Waals surface area contributed by atoms with Crippen molar-refractivity contribution in [2.75, 3.05) is 51.0 Å². The molecule has 12 nitrogen and oxygen atoms in total. The molecule has 38 heavy (non-hydrogen) atoms. The van der Waals surface area contributed by atoms with Crippen molar-refractivity contribution in [3.05, 3.63) is 29.2 Å². The minimum absolute atomic E-state index is 0.0155. The summed E-state index contributed by atoms with van der Waals surface area (Å²) in [5.41, 5.74) is 5.96. The number of aliphatic carboxylic acids is 1. The van der Waals surface area contributed by atoms with Crippen molar-refractivity contribution < 1.29 is 28.8 Å². The van der Waals surface area contributed by atoms with Gasteiger partial charge in [0.2, 0.25) is 11.5 Å². The number of carboxylic acids is 1. The number of hydrogen-bond donors (Lipinski definition) is 3. The number of anilines is 1. The molecule has 6 heterocycles. The lowest BCUT2D eigenvalue weighted by atomic mass is 9.84. The summed E-state index contributed by atoms with van der Waals surface area (Å²) in [6.07, 6.45) is 9.82. The Labute approximate surface area is 232 Å². The Kier molecular flexibility index (Phi) is 7.46. The maximum absolute atomic E-state index is 13.0. The molecule has 0 unspecified atom stereocenters. The van der Waals surface area contributed by atoms with E-state index in [0.29, 0.717) is 16.1 Å². The molecule has 1 aromatic rings. The van der Waals surface area contributed by atoms with E-state index in [2.05, 4.69) is 32.2 Å². The van der Waals surface area contributed by atoms with Gasteiger partial charge in [0.15, 0.2) is 5.13 Å². The van der Waals surface area contributed by atoms with Crippen LogP contribution in [-0.2, 0) is 19.2 Å². The number of fused-ring (bicyclic) bond motifs is 4. The number of nitrogens with one attached hydrogen (secondary N) is 1. The van der Waals surface area contributed by atoms with Crippen molar-refractivity contribution in [3.8, 4) is 0 Å². The van der Waals surface area contributed by atoms with E-state index >= 15 is 0 Å². The van der Waals surface area contributed by atoms with Crippen molar-refractivity contribution >= 4 is 63.7 Å². The number of aromatic nitrogens is 2. The van der Waals surface area contributed by atoms with Crippen molar-refractivity contribution in [2.45, 2.75) is 35.4 Å². The van der Waals surface area contributed by atoms with Gasteiger partial charge in [0.1, 0.15) is 24.2 Å². The van der Waals surface area contributed by atoms with Crippen LogP contribution in [0.1, 0.15) is 25.1 Å². The fourth-order valence-electron chi connectivity index (χ4n) is 5.62. The minimum atomic E-state index is -1.16. The molecule has 2 atom stereocenters. The highest BCUT2D eigenvalue weighted by atomic mass is 32.2. The van der Waals surface area contributed by atoms with Gasteiger partial charge in [0, 0.05) is 41.3 Å². The number of hydrogen-bond acceptors (Lipinski definition) is 11. The Morgan fingerprint density at radius 3 is 2.66 bits per heavy atom. The molecule has 0 spiro atoms. The monoisotopic (exact) mass is 580 g/mol. The third-order valence-electron chi connectivity index (χ3n) is 7.91. The number of allylic oxidation sites excluding steroid dienone is 1. The van der Waals surface area contributed by atoms with Gasteiger partial charge in [-0.15, -0.1) is 11.8 Å². The zero-order valence-corrected chi connectivity index (χ0v) is 23.5. The summed E-state index contributed by atoms with van der Waals surface area (Å²) in [7, 11) is 1.27. The lowest BCUT2D eigenvalue weighted by Crippen LogP contribution is -2.71. The number of carbonyl (C=O) groups is 3. The molecule has 4 N–H and O–H groups in total. The molecule has 204 valence electrons. The van der Waals surface area contributed by atoms with Gasteiger partial charge in [0.05, 0.1) is 26.2 Å². The van der Waals surface area contributed by atoms with Gasteiger partial charge < -0.3 is 25.5 Å². The van der Waals surface area contributed by atoms with Gasteiger partial charge >= 0.3 is 5.97 Å². The molecule has 4 saturated heterocycles. The van der Waals surface area contributed by atoms with Crippen molar-refractivity contribution in [3.63, 3.8) is 0 Å². The molecule has 2 bridgehead atoms. The number of quaternary nitrogens is 1. The fraction of sp³-hybridized carbons (Fsp3) is 0.565. The number of β-lactam (4-membered cyclic amide) rings is 1. The lowest BCUT2D eigenvalue weighted by Gasteiger charge is -2.54. The number of nitrogen functional groups attached to an aromatic ring is 1. The number of nitrogens with two attached hydrogens (primary N) is 1. The van der Waals surface area contributed by atoms with Crippen LogP contribution >= 0.6 is 35.1 Å². The molecule has 5 aliphatic rings. The molecule has 0 aliphatic carbocycles. The van der Waals surface area contributed by atoms with Crippen LogP contribution < -0.4 is 11.1 Å². The SMILES string of the molecule is CO/N=C(\C(=O)N[C@@H]1C(=O)N2C(C(=O)O)=C(/C=C/C[N+]34CCC(SC)(CC3)CC4)CS[C@@H]12)c1nsc(N)n1. The number of thioether (sulfide) groups is 2. The molecule has 0 saturated carbocycles. The van der Waals surface area contributed by atoms with Crippen LogP contribution in [0.2, 0.25) is 0 Å². The second-order valence-electron chi connectivity index (χ2n) is 9.85. The summed E-state index contributed by atoms with van der Waals surface area (Å²) in [4.78, 5) is 48.1. The van der Waals surface area contributed by atoms with E-state index in [-0.39, 0.29) is 22.4 Å². The molecule has 15 heteroatoms. The Morgan fingerprint density at radius 2 is 2.08 bits per heavy atom. The summed E-state index contributed by atoms with van der Waals surface area (Å²) in [5.74, 6) is -1.97. The minimum Gasteiger partial charge on any atom is -0.477 e. The van der Waals surface area contributed by atoms with Gasteiger partial charge in [-0.3, -0.25) is 14.5 Å². The lowest BCUT2D eigenvalue weighted by molar-refractivity contribution is -0.936. The van der Waals surface area contributed by atoms with Crippen LogP contribution in [0.15, 0.2) is 28.6 Å². The first kappa shape index (κ1) is 27.0. The van der Waals surface area contributed by atoms with Gasteiger partial charge in [-0.1, -0.05) is 11.2 Å². The summed E-state index contributed by atoms with van der Waals surface area (Å²) < 4.78 is 5.47. The standard InChI is InChI=1S/C23H29N7O5S3/c1-35-27-14(17-26-22(24)38-28-17)18(31)25-15-19(32)29-16(21(33)34)13(12-37-20(15)29)4-3-8-30-9-5-23(36-2,6-10-30)7-11-30/h3-4,15,20H,5-12H2,1-2H3,(H3-,24,25,26,28,31,33,34)/p+1/b4-3+,27-14-/t15-,20+,23?,30?/m1/s1. The number of carbonyl (C=O) groups excluding carboxylic acids is 2. The predicted octanol–water partition coefficient (Wildman–Crippen LogP) is 0.882. The molecular formula is C23H30N7O5S3+. The van der Waals surface area contributed by atoms with Crippen molar-refractivity contribution in [1.82, 2.24) is 19.6 Å². The number of amides is 2. The van der Waals surface area contributed by atoms with E-state index in [1.165, 1.54) is 43.0 Å². The van der Waals surface area contributed by atoms with Crippen LogP contribution in [-0.4, -0.2) is 109 Å². The van der Waals surface area contributed by atoms with Crippen molar-refractivity contribution in [1.29, 1.82) is 0 Å². The highest BCUT2D eigenvalue weighted by Gasteiger charge is 2.54. The van der Waals surface area contributed by atoms with E-state index in [1.54, 1.807) is 0 Å². The van der Waals surface area contributed by atoms with Crippen LogP contribution in [0.4, 0.5) is 5.13 Å². The molecule has 6 rings (SSSR count). The molecule has 5 aliphatic heterocycles. The van der Waals surface area contributed by atoms with Gasteiger partial charge in [-0.2, -0.15) is 21.1 Å². The van der Waals surface area contributed by atoms with Crippen LogP contribution in [0, 0.1) is 0 Å². The third kappa shape index (κ3) is 4.80. The zero-order valence-electron chi connectivity index (χ0n) is 21.1. The topological polar surface area (TPSA) is 160 Å². The number of nitrogens with zero attached hydrogens (tertiary/aromatic N) is 5. The number of oxime groups is 1. The average molecular weight is 581 g/mol. The second kappa shape index (κ2) is 10.5. The fourth-order valence-corrected chi connectivity index (χ4v) is 8.26. The van der Waals surface area contributed by atoms with Crippen LogP contribution in [0.5, 0.6) is 0 Å². The predicted molar refractivity (Wildman–Crippen MR) is 147 cm³/mol. The Balaban J connectivity index is 1.27. The Hall–Kier alpha value is -2.62. The van der Waals surface area contributed by atoms with E-state index in [1.807, 2.05) is 17.8 Å². The van der Waals surface area contributed by atoms with E-state index in [9.17, 15) is 19.5 Å². The maximum atomic E-state index is 13.0. The van der Waals surface area contributed by atoms with Gasteiger partial charge in [0.25, 0.3) is 11.8 Å². The van der Waals surface area contributed by atoms with Gasteiger partial charge in [-0.05, 0) is 17.9 Å². The first-order valence-electron chi connectivity index (χ1n) is 12.2. The highest BCUT2D eigenvalue weighted by molar-refractivity contribution is 8.00. The third-order valence-corrected chi connectivity index (χ3v) is 11.2. The highest BCUT2D eigenvalue weighted by Crippen LogP contribution is 2.45. The number of carboxylic acid groups (broad SMARTS) is 1. The molecule has 1 aromatic heterocycles. The normalized spacial score (nSPS) is 30.8. The summed E-state index contributed by atoms with van der Waals surface area (Å²) >= 11 is 4.31. The molecular weight excluding hydrogens is 550 g/mol. The summed E-state index contributed by atoms with van der Waals surface area (Å²) in [6, 6.07) is -0.915. The van der Waals surface area contributed by atoms with Gasteiger partial charge in [-0.25, -0.2) is 4.79 Å². The first-order chi connectivity index (χ1) is 18.2. The quantitative estimate of drug-likeness (QED) is 0.166. The van der Waals surface area contributed by atoms with Crippen LogP contribution in [0.3, 0.4) is 0 Å². The van der Waals surface area contributed by atoms with E-state index in [4.69, 9.17) is 10.6 Å². The number of rotatable bonds is 9. The van der Waals surface area contributed by atoms with Crippen LogP contribution in [0.25, 0.3) is 0 Å². The molecule has 2 amide bonds. The summed E-state index contributed by atoms with van der Waals surface area (Å²) in [6.45, 7) is 4.31. The number of piperidine rings is 3. The average Bonchev–Trinajstić information content (AvgIpc) is 3.36. The first-order valence-corrected chi connectivity index (χ1v) is 15.3. The second-order valence-corrected chi connectivity index (χ2v) is 13.0. The largest absolute Gasteiger partial charge is 0.477 e. The Morgan fingerprint density at radius 1 is 1.37 bits per heavy atom. The van der Waals surface area contributed by atoms with Crippen molar-refractivity contribution in [2.24, 2.45) is 5.16 Å².